The highest BCUT2D eigenvalue weighted by Gasteiger charge is 2.13. The van der Waals surface area contributed by atoms with Gasteiger partial charge in [-0.3, -0.25) is 9.69 Å². The van der Waals surface area contributed by atoms with Crippen molar-refractivity contribution in [2.45, 2.75) is 13.3 Å². The number of hydrogen-bond donors (Lipinski definition) is 1. The molecule has 2 aromatic carbocycles. The van der Waals surface area contributed by atoms with Crippen molar-refractivity contribution >= 4 is 29.6 Å². The predicted molar refractivity (Wildman–Crippen MR) is 109 cm³/mol. The van der Waals surface area contributed by atoms with Crippen LogP contribution < -0.4 is 10.1 Å². The van der Waals surface area contributed by atoms with E-state index >= 15 is 0 Å². The Morgan fingerprint density at radius 3 is 2.44 bits per heavy atom. The quantitative estimate of drug-likeness (QED) is 0.796. The Kier molecular flexibility index (Phi) is 7.82. The van der Waals surface area contributed by atoms with Crippen molar-refractivity contribution in [1.29, 1.82) is 0 Å². The molecule has 144 valence electrons. The van der Waals surface area contributed by atoms with E-state index in [9.17, 15) is 9.18 Å². The second kappa shape index (κ2) is 10.1. The van der Waals surface area contributed by atoms with Gasteiger partial charge in [0.2, 0.25) is 5.91 Å². The molecular formula is C21H24ClFN2O2. The third-order valence-corrected chi connectivity index (χ3v) is 4.36. The summed E-state index contributed by atoms with van der Waals surface area (Å²) in [6, 6.07) is 14.1. The van der Waals surface area contributed by atoms with Crippen LogP contribution in [-0.2, 0) is 4.79 Å². The predicted octanol–water partition coefficient (Wildman–Crippen LogP) is 4.37. The molecule has 6 heteroatoms. The SMILES string of the molecule is CC(=O)Nc1ccc(OCCN2CC=C(c3ccc(F)cc3)CC2)cc1.Cl. The summed E-state index contributed by atoms with van der Waals surface area (Å²) in [5.74, 6) is 0.504. The van der Waals surface area contributed by atoms with Gasteiger partial charge < -0.3 is 10.1 Å². The minimum atomic E-state index is -0.200. The largest absolute Gasteiger partial charge is 0.492 e. The van der Waals surface area contributed by atoms with E-state index in [4.69, 9.17) is 4.74 Å². The van der Waals surface area contributed by atoms with Crippen molar-refractivity contribution in [1.82, 2.24) is 4.90 Å². The molecular weight excluding hydrogens is 367 g/mol. The lowest BCUT2D eigenvalue weighted by Gasteiger charge is -2.26. The average molecular weight is 391 g/mol. The summed E-state index contributed by atoms with van der Waals surface area (Å²) >= 11 is 0. The number of ether oxygens (including phenoxy) is 1. The number of halogens is 2. The van der Waals surface area contributed by atoms with E-state index in [-0.39, 0.29) is 24.1 Å². The maximum Gasteiger partial charge on any atom is 0.221 e. The molecule has 0 fully saturated rings. The second-order valence-electron chi connectivity index (χ2n) is 6.34. The number of nitrogens with zero attached hydrogens (tertiary/aromatic N) is 1. The molecule has 1 aliphatic heterocycles. The summed E-state index contributed by atoms with van der Waals surface area (Å²) in [5, 5.41) is 2.73. The molecule has 0 aliphatic carbocycles. The maximum atomic E-state index is 13.0. The van der Waals surface area contributed by atoms with Gasteiger partial charge in [-0.1, -0.05) is 18.2 Å². The highest BCUT2D eigenvalue weighted by molar-refractivity contribution is 5.88. The van der Waals surface area contributed by atoms with Gasteiger partial charge in [0, 0.05) is 32.2 Å². The van der Waals surface area contributed by atoms with Gasteiger partial charge in [0.1, 0.15) is 18.2 Å². The molecule has 1 aliphatic rings. The molecule has 0 saturated carbocycles. The standard InChI is InChI=1S/C21H23FN2O2.ClH/c1-16(25)23-20-6-8-21(9-7-20)26-15-14-24-12-10-18(11-13-24)17-2-4-19(22)5-3-17;/h2-10H,11-15H2,1H3,(H,23,25);1H. The van der Waals surface area contributed by atoms with Gasteiger partial charge in [0.15, 0.2) is 0 Å². The summed E-state index contributed by atoms with van der Waals surface area (Å²) in [6.45, 7) is 4.78. The molecule has 0 unspecified atom stereocenters. The molecule has 0 bridgehead atoms. The van der Waals surface area contributed by atoms with Crippen LogP contribution in [0.5, 0.6) is 5.75 Å². The van der Waals surface area contributed by atoms with E-state index in [1.54, 1.807) is 0 Å². The van der Waals surface area contributed by atoms with Gasteiger partial charge in [-0.2, -0.15) is 0 Å². The lowest BCUT2D eigenvalue weighted by atomic mass is 9.99. The van der Waals surface area contributed by atoms with Crippen molar-refractivity contribution in [3.63, 3.8) is 0 Å². The molecule has 1 heterocycles. The fourth-order valence-corrected chi connectivity index (χ4v) is 2.97. The number of nitrogens with one attached hydrogen (secondary N) is 1. The fourth-order valence-electron chi connectivity index (χ4n) is 2.97. The van der Waals surface area contributed by atoms with Crippen molar-refractivity contribution in [2.75, 3.05) is 31.6 Å². The Balaban J connectivity index is 0.00000261. The molecule has 1 N–H and O–H groups in total. The molecule has 0 radical (unpaired) electrons. The number of hydrogen-bond acceptors (Lipinski definition) is 3. The lowest BCUT2D eigenvalue weighted by Crippen LogP contribution is -2.32. The van der Waals surface area contributed by atoms with Crippen LogP contribution in [0.4, 0.5) is 10.1 Å². The van der Waals surface area contributed by atoms with E-state index in [0.717, 1.165) is 43.1 Å². The lowest BCUT2D eigenvalue weighted by molar-refractivity contribution is -0.114. The van der Waals surface area contributed by atoms with Gasteiger partial charge in [-0.05, 0) is 54.0 Å². The summed E-state index contributed by atoms with van der Waals surface area (Å²) in [6.07, 6.45) is 3.16. The zero-order valence-corrected chi connectivity index (χ0v) is 16.1. The van der Waals surface area contributed by atoms with Crippen molar-refractivity contribution in [3.05, 3.63) is 66.0 Å². The van der Waals surface area contributed by atoms with Crippen LogP contribution in [0, 0.1) is 5.82 Å². The number of carbonyl (C=O) groups is 1. The summed E-state index contributed by atoms with van der Waals surface area (Å²) < 4.78 is 18.8. The van der Waals surface area contributed by atoms with E-state index in [1.165, 1.54) is 24.6 Å². The van der Waals surface area contributed by atoms with Crippen LogP contribution in [0.1, 0.15) is 18.9 Å². The van der Waals surface area contributed by atoms with E-state index < -0.39 is 0 Å². The number of amides is 1. The molecule has 4 nitrogen and oxygen atoms in total. The van der Waals surface area contributed by atoms with E-state index in [0.29, 0.717) is 6.61 Å². The second-order valence-corrected chi connectivity index (χ2v) is 6.34. The number of benzene rings is 2. The van der Waals surface area contributed by atoms with Crippen LogP contribution in [0.3, 0.4) is 0 Å². The summed E-state index contributed by atoms with van der Waals surface area (Å²) in [7, 11) is 0. The van der Waals surface area contributed by atoms with Gasteiger partial charge in [0.25, 0.3) is 0 Å². The zero-order chi connectivity index (χ0) is 18.4. The Morgan fingerprint density at radius 2 is 1.85 bits per heavy atom. The Labute approximate surface area is 165 Å². The topological polar surface area (TPSA) is 41.6 Å². The first-order valence-electron chi connectivity index (χ1n) is 8.78. The van der Waals surface area contributed by atoms with Crippen LogP contribution >= 0.6 is 12.4 Å². The first kappa shape index (κ1) is 20.9. The van der Waals surface area contributed by atoms with Crippen LogP contribution in [-0.4, -0.2) is 37.0 Å². The normalized spacial score (nSPS) is 14.1. The molecule has 0 spiro atoms. The average Bonchev–Trinajstić information content (AvgIpc) is 2.64. The summed E-state index contributed by atoms with van der Waals surface area (Å²) in [4.78, 5) is 13.3. The Bertz CT molecular complexity index is 776. The third kappa shape index (κ3) is 6.38. The highest BCUT2D eigenvalue weighted by Crippen LogP contribution is 2.22. The molecule has 2 aromatic rings. The minimum absolute atomic E-state index is 0. The Hall–Kier alpha value is -2.37. The Morgan fingerprint density at radius 1 is 1.15 bits per heavy atom. The van der Waals surface area contributed by atoms with Crippen molar-refractivity contribution < 1.29 is 13.9 Å². The van der Waals surface area contributed by atoms with Crippen molar-refractivity contribution in [3.8, 4) is 5.75 Å². The monoisotopic (exact) mass is 390 g/mol. The molecule has 0 aromatic heterocycles. The molecule has 3 rings (SSSR count). The van der Waals surface area contributed by atoms with E-state index in [2.05, 4.69) is 16.3 Å². The molecule has 0 saturated heterocycles. The van der Waals surface area contributed by atoms with Gasteiger partial charge >= 0.3 is 0 Å². The molecule has 27 heavy (non-hydrogen) atoms. The summed E-state index contributed by atoms with van der Waals surface area (Å²) in [5.41, 5.74) is 3.14. The first-order chi connectivity index (χ1) is 12.6. The molecule has 0 atom stereocenters. The van der Waals surface area contributed by atoms with Crippen LogP contribution in [0.2, 0.25) is 0 Å². The first-order valence-corrected chi connectivity index (χ1v) is 8.78. The maximum absolute atomic E-state index is 13.0. The van der Waals surface area contributed by atoms with Gasteiger partial charge in [-0.15, -0.1) is 12.4 Å². The molecule has 1 amide bonds. The highest BCUT2D eigenvalue weighted by atomic mass is 35.5. The van der Waals surface area contributed by atoms with Crippen molar-refractivity contribution in [2.24, 2.45) is 0 Å². The number of carbonyl (C=O) groups excluding carboxylic acids is 1. The van der Waals surface area contributed by atoms with Gasteiger partial charge in [-0.25, -0.2) is 4.39 Å². The minimum Gasteiger partial charge on any atom is -0.492 e. The zero-order valence-electron chi connectivity index (χ0n) is 15.3. The van der Waals surface area contributed by atoms with Crippen LogP contribution in [0.15, 0.2) is 54.6 Å². The van der Waals surface area contributed by atoms with Crippen LogP contribution in [0.25, 0.3) is 5.57 Å². The smallest absolute Gasteiger partial charge is 0.221 e. The fraction of sp³-hybridized carbons (Fsp3) is 0.286. The number of rotatable bonds is 6. The van der Waals surface area contributed by atoms with E-state index in [1.807, 2.05) is 36.4 Å². The van der Waals surface area contributed by atoms with Gasteiger partial charge in [0.05, 0.1) is 0 Å². The third-order valence-electron chi connectivity index (χ3n) is 4.36. The number of anilines is 1.